The highest BCUT2D eigenvalue weighted by atomic mass is 35.5. The first-order valence-corrected chi connectivity index (χ1v) is 6.80. The maximum Gasteiger partial charge on any atom is 0.0842 e. The van der Waals surface area contributed by atoms with Gasteiger partial charge in [-0.25, -0.2) is 0 Å². The lowest BCUT2D eigenvalue weighted by molar-refractivity contribution is 0.549. The predicted molar refractivity (Wildman–Crippen MR) is 77.7 cm³/mol. The summed E-state index contributed by atoms with van der Waals surface area (Å²) in [7, 11) is 3.80. The van der Waals surface area contributed by atoms with Gasteiger partial charge in [-0.2, -0.15) is 0 Å². The second-order valence-corrected chi connectivity index (χ2v) is 5.36. The first-order chi connectivity index (χ1) is 9.08. The molecule has 0 aliphatic carbocycles. The number of nitrogens with zero attached hydrogens (tertiary/aromatic N) is 3. The molecule has 0 saturated carbocycles. The molecular weight excluding hydrogens is 283 g/mol. The number of likely N-dealkylation sites (N-methyl/N-ethyl adjacent to an activating group) is 1. The predicted octanol–water partition coefficient (Wildman–Crippen LogP) is 2.50. The lowest BCUT2D eigenvalue weighted by Crippen LogP contribution is -2.30. The summed E-state index contributed by atoms with van der Waals surface area (Å²) in [6, 6.07) is 5.85. The molecule has 19 heavy (non-hydrogen) atoms. The Balaban J connectivity index is 2.06. The van der Waals surface area contributed by atoms with Crippen LogP contribution in [-0.4, -0.2) is 28.1 Å². The smallest absolute Gasteiger partial charge is 0.0842 e. The van der Waals surface area contributed by atoms with Crippen molar-refractivity contribution in [1.82, 2.24) is 20.3 Å². The molecule has 2 rings (SSSR count). The van der Waals surface area contributed by atoms with Crippen LogP contribution in [-0.2, 0) is 19.9 Å². The highest BCUT2D eigenvalue weighted by Crippen LogP contribution is 2.22. The van der Waals surface area contributed by atoms with E-state index in [9.17, 15) is 0 Å². The summed E-state index contributed by atoms with van der Waals surface area (Å²) in [6.45, 7) is 0. The van der Waals surface area contributed by atoms with E-state index in [0.717, 1.165) is 24.1 Å². The van der Waals surface area contributed by atoms with E-state index in [2.05, 4.69) is 15.6 Å². The number of rotatable bonds is 5. The molecule has 0 aliphatic heterocycles. The molecule has 2 aromatic rings. The molecule has 0 bridgehead atoms. The van der Waals surface area contributed by atoms with E-state index >= 15 is 0 Å². The first-order valence-electron chi connectivity index (χ1n) is 6.05. The van der Waals surface area contributed by atoms with Crippen molar-refractivity contribution in [3.05, 3.63) is 45.7 Å². The van der Waals surface area contributed by atoms with Crippen LogP contribution in [0.15, 0.2) is 24.4 Å². The van der Waals surface area contributed by atoms with Crippen molar-refractivity contribution in [2.75, 3.05) is 7.05 Å². The highest BCUT2D eigenvalue weighted by Gasteiger charge is 2.12. The zero-order valence-electron chi connectivity index (χ0n) is 10.9. The van der Waals surface area contributed by atoms with Crippen molar-refractivity contribution in [3.8, 4) is 0 Å². The van der Waals surface area contributed by atoms with Gasteiger partial charge in [0, 0.05) is 35.8 Å². The van der Waals surface area contributed by atoms with Crippen LogP contribution >= 0.6 is 23.2 Å². The quantitative estimate of drug-likeness (QED) is 0.922. The van der Waals surface area contributed by atoms with Gasteiger partial charge in [0.2, 0.25) is 0 Å². The van der Waals surface area contributed by atoms with Gasteiger partial charge in [-0.3, -0.25) is 4.68 Å². The van der Waals surface area contributed by atoms with Gasteiger partial charge in [-0.05, 0) is 31.2 Å². The number of aromatic nitrogens is 3. The molecule has 1 aromatic carbocycles. The molecule has 6 heteroatoms. The van der Waals surface area contributed by atoms with Gasteiger partial charge in [-0.15, -0.1) is 5.10 Å². The van der Waals surface area contributed by atoms with Gasteiger partial charge >= 0.3 is 0 Å². The van der Waals surface area contributed by atoms with E-state index < -0.39 is 0 Å². The summed E-state index contributed by atoms with van der Waals surface area (Å²) < 4.78 is 1.71. The maximum atomic E-state index is 6.19. The summed E-state index contributed by atoms with van der Waals surface area (Å²) in [4.78, 5) is 0. The second-order valence-electron chi connectivity index (χ2n) is 4.51. The van der Waals surface area contributed by atoms with Crippen molar-refractivity contribution in [2.45, 2.75) is 18.9 Å². The Morgan fingerprint density at radius 3 is 2.68 bits per heavy atom. The van der Waals surface area contributed by atoms with Crippen molar-refractivity contribution < 1.29 is 0 Å². The van der Waals surface area contributed by atoms with Crippen molar-refractivity contribution >= 4 is 23.2 Å². The lowest BCUT2D eigenvalue weighted by atomic mass is 10.0. The number of nitrogens with one attached hydrogen (secondary N) is 1. The van der Waals surface area contributed by atoms with Gasteiger partial charge in [-0.1, -0.05) is 34.5 Å². The number of aryl methyl sites for hydroxylation is 1. The molecule has 1 heterocycles. The van der Waals surface area contributed by atoms with Crippen LogP contribution in [0.2, 0.25) is 10.0 Å². The van der Waals surface area contributed by atoms with Crippen LogP contribution in [0, 0.1) is 0 Å². The summed E-state index contributed by atoms with van der Waals surface area (Å²) >= 11 is 12.1. The third-order valence-electron chi connectivity index (χ3n) is 3.00. The fraction of sp³-hybridized carbons (Fsp3) is 0.385. The average molecular weight is 299 g/mol. The van der Waals surface area contributed by atoms with Gasteiger partial charge in [0.15, 0.2) is 0 Å². The summed E-state index contributed by atoms with van der Waals surface area (Å²) in [5, 5.41) is 12.7. The third-order valence-corrected chi connectivity index (χ3v) is 3.58. The zero-order valence-corrected chi connectivity index (χ0v) is 12.4. The van der Waals surface area contributed by atoms with Gasteiger partial charge in [0.05, 0.1) is 5.69 Å². The molecule has 1 unspecified atom stereocenters. The van der Waals surface area contributed by atoms with Gasteiger partial charge in [0.25, 0.3) is 0 Å². The monoisotopic (exact) mass is 298 g/mol. The molecule has 1 aromatic heterocycles. The Bertz CT molecular complexity index is 553. The SMILES string of the molecule is CNC(Cc1cn(C)nn1)Cc1ccc(Cl)cc1Cl. The lowest BCUT2D eigenvalue weighted by Gasteiger charge is -2.15. The number of hydrogen-bond donors (Lipinski definition) is 1. The topological polar surface area (TPSA) is 42.7 Å². The van der Waals surface area contributed by atoms with E-state index in [1.807, 2.05) is 32.4 Å². The Morgan fingerprint density at radius 2 is 2.11 bits per heavy atom. The van der Waals surface area contributed by atoms with E-state index in [1.165, 1.54) is 0 Å². The molecule has 0 radical (unpaired) electrons. The number of halogens is 2. The van der Waals surface area contributed by atoms with Crippen LogP contribution in [0.1, 0.15) is 11.3 Å². The Morgan fingerprint density at radius 1 is 1.32 bits per heavy atom. The van der Waals surface area contributed by atoms with Crippen LogP contribution in [0.5, 0.6) is 0 Å². The molecule has 0 saturated heterocycles. The molecule has 0 amide bonds. The molecule has 0 aliphatic rings. The zero-order chi connectivity index (χ0) is 13.8. The Kier molecular flexibility index (Phi) is 4.80. The normalized spacial score (nSPS) is 12.6. The minimum atomic E-state index is 0.260. The third kappa shape index (κ3) is 3.93. The summed E-state index contributed by atoms with van der Waals surface area (Å²) in [6.07, 6.45) is 3.56. The van der Waals surface area contributed by atoms with Crippen molar-refractivity contribution in [2.24, 2.45) is 7.05 Å². The number of benzene rings is 1. The van der Waals surface area contributed by atoms with Gasteiger partial charge < -0.3 is 5.32 Å². The minimum Gasteiger partial charge on any atom is -0.316 e. The second kappa shape index (κ2) is 6.37. The molecule has 0 spiro atoms. The van der Waals surface area contributed by atoms with Crippen molar-refractivity contribution in [3.63, 3.8) is 0 Å². The maximum absolute atomic E-state index is 6.19. The molecule has 1 N–H and O–H groups in total. The first kappa shape index (κ1) is 14.3. The molecule has 0 fully saturated rings. The Hall–Kier alpha value is -1.10. The van der Waals surface area contributed by atoms with E-state index in [-0.39, 0.29) is 6.04 Å². The molecule has 4 nitrogen and oxygen atoms in total. The highest BCUT2D eigenvalue weighted by molar-refractivity contribution is 6.35. The Labute approximate surface area is 122 Å². The van der Waals surface area contributed by atoms with E-state index in [1.54, 1.807) is 10.7 Å². The van der Waals surface area contributed by atoms with Crippen LogP contribution in [0.4, 0.5) is 0 Å². The van der Waals surface area contributed by atoms with Gasteiger partial charge in [0.1, 0.15) is 0 Å². The van der Waals surface area contributed by atoms with E-state index in [0.29, 0.717) is 10.0 Å². The minimum absolute atomic E-state index is 0.260. The molecule has 102 valence electrons. The average Bonchev–Trinajstić information content (AvgIpc) is 2.77. The van der Waals surface area contributed by atoms with Crippen molar-refractivity contribution in [1.29, 1.82) is 0 Å². The molecule has 1 atom stereocenters. The largest absolute Gasteiger partial charge is 0.316 e. The molecular formula is C13H16Cl2N4. The fourth-order valence-electron chi connectivity index (χ4n) is 1.97. The summed E-state index contributed by atoms with van der Waals surface area (Å²) in [5.74, 6) is 0. The van der Waals surface area contributed by atoms with Crippen LogP contribution in [0.3, 0.4) is 0 Å². The van der Waals surface area contributed by atoms with E-state index in [4.69, 9.17) is 23.2 Å². The number of hydrogen-bond acceptors (Lipinski definition) is 3. The van der Waals surface area contributed by atoms with Crippen LogP contribution < -0.4 is 5.32 Å². The summed E-state index contributed by atoms with van der Waals surface area (Å²) in [5.41, 5.74) is 2.04. The standard InChI is InChI=1S/C13H16Cl2N4/c1-16-11(7-12-8-19(2)18-17-12)5-9-3-4-10(14)6-13(9)15/h3-4,6,8,11,16H,5,7H2,1-2H3. The fourth-order valence-corrected chi connectivity index (χ4v) is 2.46. The van der Waals surface area contributed by atoms with Crippen LogP contribution in [0.25, 0.3) is 0 Å².